The molecule has 0 bridgehead atoms. The normalized spacial score (nSPS) is 12.0. The molecule has 3 aromatic rings. The van der Waals surface area contributed by atoms with E-state index in [1.54, 1.807) is 0 Å². The zero-order valence-corrected chi connectivity index (χ0v) is 19.8. The van der Waals surface area contributed by atoms with Gasteiger partial charge in [-0.1, -0.05) is 32.3 Å². The number of unbranched alkanes of at least 4 members (excludes halogenated alkanes) is 3. The van der Waals surface area contributed by atoms with Crippen LogP contribution in [0.2, 0.25) is 0 Å². The Hall–Kier alpha value is -3.41. The van der Waals surface area contributed by atoms with Crippen molar-refractivity contribution in [3.8, 4) is 11.4 Å². The number of esters is 1. The van der Waals surface area contributed by atoms with Crippen LogP contribution in [0, 0.1) is 0 Å². The topological polar surface area (TPSA) is 105 Å². The number of fused-ring (bicyclic) bond motifs is 1. The van der Waals surface area contributed by atoms with Crippen LogP contribution in [-0.2, 0) is 14.6 Å². The third-order valence-electron chi connectivity index (χ3n) is 5.01. The molecular formula is C23H23F3N2O6S. The van der Waals surface area contributed by atoms with Crippen LogP contribution in [0.3, 0.4) is 0 Å². The second-order valence-electron chi connectivity index (χ2n) is 7.75. The van der Waals surface area contributed by atoms with Crippen LogP contribution in [0.5, 0.6) is 5.75 Å². The summed E-state index contributed by atoms with van der Waals surface area (Å²) in [5, 5.41) is 3.81. The van der Waals surface area contributed by atoms with Gasteiger partial charge in [0.15, 0.2) is 9.84 Å². The van der Waals surface area contributed by atoms with Crippen LogP contribution in [0.15, 0.2) is 52.2 Å². The van der Waals surface area contributed by atoms with Crippen molar-refractivity contribution in [2.24, 2.45) is 0 Å². The number of rotatable bonds is 9. The van der Waals surface area contributed by atoms with Crippen molar-refractivity contribution in [1.82, 2.24) is 9.78 Å². The van der Waals surface area contributed by atoms with Gasteiger partial charge in [-0.25, -0.2) is 17.9 Å². The van der Waals surface area contributed by atoms with Crippen LogP contribution in [-0.4, -0.2) is 43.4 Å². The van der Waals surface area contributed by atoms with Gasteiger partial charge in [-0.05, 0) is 42.8 Å². The van der Waals surface area contributed by atoms with Crippen molar-refractivity contribution >= 4 is 26.7 Å². The predicted octanol–water partition coefficient (Wildman–Crippen LogP) is 4.42. The van der Waals surface area contributed by atoms with Gasteiger partial charge in [0.1, 0.15) is 5.75 Å². The molecule has 0 saturated heterocycles. The molecule has 0 atom stereocenters. The number of alkyl halides is 3. The molecule has 12 heteroatoms. The molecule has 3 rings (SSSR count). The van der Waals surface area contributed by atoms with Crippen LogP contribution in [0.1, 0.15) is 43.1 Å². The number of halogens is 3. The monoisotopic (exact) mass is 512 g/mol. The Labute approximate surface area is 199 Å². The number of hydrogen-bond donors (Lipinski definition) is 0. The lowest BCUT2D eigenvalue weighted by Crippen LogP contribution is -2.25. The first kappa shape index (κ1) is 26.2. The summed E-state index contributed by atoms with van der Waals surface area (Å²) in [6.45, 7) is 2.07. The van der Waals surface area contributed by atoms with E-state index in [9.17, 15) is 31.2 Å². The van der Waals surface area contributed by atoms with Gasteiger partial charge in [0.25, 0.3) is 0 Å². The van der Waals surface area contributed by atoms with E-state index < -0.39 is 39.0 Å². The molecule has 0 saturated carbocycles. The summed E-state index contributed by atoms with van der Waals surface area (Å²) >= 11 is 0. The predicted molar refractivity (Wildman–Crippen MR) is 122 cm³/mol. The fraction of sp³-hybridized carbons (Fsp3) is 0.348. The average Bonchev–Trinajstić information content (AvgIpc) is 2.78. The molecule has 8 nitrogen and oxygen atoms in total. The van der Waals surface area contributed by atoms with Gasteiger partial charge in [-0.3, -0.25) is 4.79 Å². The second-order valence-corrected chi connectivity index (χ2v) is 9.73. The molecule has 2 aromatic carbocycles. The maximum atomic E-state index is 13.2. The maximum Gasteiger partial charge on any atom is 0.573 e. The third kappa shape index (κ3) is 6.38. The molecule has 0 fully saturated rings. The minimum absolute atomic E-state index is 0.0434. The summed E-state index contributed by atoms with van der Waals surface area (Å²) in [6, 6.07) is 8.54. The van der Waals surface area contributed by atoms with Crippen molar-refractivity contribution in [1.29, 1.82) is 0 Å². The molecule has 0 aliphatic rings. The zero-order chi connectivity index (χ0) is 25.8. The van der Waals surface area contributed by atoms with Crippen LogP contribution < -0.4 is 10.2 Å². The molecular weight excluding hydrogens is 489 g/mol. The molecule has 188 valence electrons. The summed E-state index contributed by atoms with van der Waals surface area (Å²) in [7, 11) is -3.89. The lowest BCUT2D eigenvalue weighted by Gasteiger charge is -2.14. The van der Waals surface area contributed by atoms with Gasteiger partial charge in [0.2, 0.25) is 11.1 Å². The standard InChI is InChI=1S/C23H23F3N2O6S/c1-3-4-5-6-14-33-22(30)20-21(29)19-17(8-7-9-18(19)35(2,31)32)28(27-20)15-10-12-16(13-11-15)34-23(24,25)26/h7-13H,3-6,14H2,1-2H3. The zero-order valence-electron chi connectivity index (χ0n) is 19.0. The second kappa shape index (κ2) is 10.5. The molecule has 0 unspecified atom stereocenters. The van der Waals surface area contributed by atoms with E-state index in [0.717, 1.165) is 42.3 Å². The highest BCUT2D eigenvalue weighted by atomic mass is 32.2. The van der Waals surface area contributed by atoms with Gasteiger partial charge < -0.3 is 9.47 Å². The number of benzene rings is 2. The maximum absolute atomic E-state index is 13.2. The molecule has 35 heavy (non-hydrogen) atoms. The number of hydrogen-bond acceptors (Lipinski definition) is 7. The average molecular weight is 513 g/mol. The summed E-state index contributed by atoms with van der Waals surface area (Å²) in [5.74, 6) is -1.52. The van der Waals surface area contributed by atoms with Crippen molar-refractivity contribution in [2.45, 2.75) is 43.9 Å². The van der Waals surface area contributed by atoms with Crippen molar-refractivity contribution < 1.29 is 35.9 Å². The third-order valence-corrected chi connectivity index (χ3v) is 6.15. The molecule has 0 spiro atoms. The van der Waals surface area contributed by atoms with E-state index in [2.05, 4.69) is 9.84 Å². The van der Waals surface area contributed by atoms with E-state index in [4.69, 9.17) is 4.74 Å². The first-order chi connectivity index (χ1) is 16.4. The largest absolute Gasteiger partial charge is 0.573 e. The molecule has 0 aliphatic heterocycles. The summed E-state index contributed by atoms with van der Waals surface area (Å²) < 4.78 is 72.4. The number of sulfone groups is 1. The lowest BCUT2D eigenvalue weighted by atomic mass is 10.2. The number of aromatic nitrogens is 2. The van der Waals surface area contributed by atoms with E-state index in [0.29, 0.717) is 6.42 Å². The Balaban J connectivity index is 2.14. The minimum atomic E-state index is -4.89. The van der Waals surface area contributed by atoms with Crippen LogP contribution >= 0.6 is 0 Å². The molecule has 0 N–H and O–H groups in total. The number of carbonyl (C=O) groups excluding carboxylic acids is 1. The molecule has 0 aliphatic carbocycles. The summed E-state index contributed by atoms with van der Waals surface area (Å²) in [4.78, 5) is 25.6. The fourth-order valence-corrected chi connectivity index (χ4v) is 4.33. The number of carbonyl (C=O) groups is 1. The Morgan fingerprint density at radius 2 is 1.74 bits per heavy atom. The SMILES string of the molecule is CCCCCCOC(=O)c1nn(-c2ccc(OC(F)(F)F)cc2)c2cccc(S(C)(=O)=O)c2c1=O. The number of nitrogens with zero attached hydrogens (tertiary/aromatic N) is 2. The molecule has 0 amide bonds. The van der Waals surface area contributed by atoms with Gasteiger partial charge in [-0.2, -0.15) is 5.10 Å². The van der Waals surface area contributed by atoms with Crippen LogP contribution in [0.25, 0.3) is 16.6 Å². The Kier molecular flexibility index (Phi) is 7.83. The van der Waals surface area contributed by atoms with Crippen LogP contribution in [0.4, 0.5) is 13.2 Å². The fourth-order valence-electron chi connectivity index (χ4n) is 3.43. The summed E-state index contributed by atoms with van der Waals surface area (Å²) in [6.07, 6.45) is -0.639. The van der Waals surface area contributed by atoms with E-state index in [1.165, 1.54) is 30.3 Å². The highest BCUT2D eigenvalue weighted by molar-refractivity contribution is 7.91. The van der Waals surface area contributed by atoms with Crippen molar-refractivity contribution in [3.05, 3.63) is 58.4 Å². The quantitative estimate of drug-likeness (QED) is 0.309. The molecule has 1 heterocycles. The van der Waals surface area contributed by atoms with Gasteiger partial charge >= 0.3 is 12.3 Å². The van der Waals surface area contributed by atoms with Gasteiger partial charge in [0.05, 0.1) is 28.1 Å². The van der Waals surface area contributed by atoms with Gasteiger partial charge in [0, 0.05) is 6.26 Å². The first-order valence-corrected chi connectivity index (χ1v) is 12.6. The number of ether oxygens (including phenoxy) is 2. The Morgan fingerprint density at radius 3 is 2.34 bits per heavy atom. The van der Waals surface area contributed by atoms with E-state index in [-0.39, 0.29) is 28.1 Å². The molecule has 1 aromatic heterocycles. The minimum Gasteiger partial charge on any atom is -0.461 e. The first-order valence-electron chi connectivity index (χ1n) is 10.7. The summed E-state index contributed by atoms with van der Waals surface area (Å²) in [5.41, 5.74) is -1.36. The highest BCUT2D eigenvalue weighted by Gasteiger charge is 2.31. The van der Waals surface area contributed by atoms with E-state index in [1.807, 2.05) is 6.92 Å². The Morgan fingerprint density at radius 1 is 1.06 bits per heavy atom. The van der Waals surface area contributed by atoms with Crippen molar-refractivity contribution in [3.63, 3.8) is 0 Å². The smallest absolute Gasteiger partial charge is 0.461 e. The lowest BCUT2D eigenvalue weighted by molar-refractivity contribution is -0.274. The van der Waals surface area contributed by atoms with Gasteiger partial charge in [-0.15, -0.1) is 13.2 Å². The van der Waals surface area contributed by atoms with E-state index >= 15 is 0 Å². The highest BCUT2D eigenvalue weighted by Crippen LogP contribution is 2.26. The van der Waals surface area contributed by atoms with Crippen molar-refractivity contribution in [2.75, 3.05) is 12.9 Å². The Bertz CT molecular complexity index is 1380. The molecule has 0 radical (unpaired) electrons.